The predicted molar refractivity (Wildman–Crippen MR) is 77.5 cm³/mol. The molecular weight excluding hydrogens is 252 g/mol. The zero-order valence-electron chi connectivity index (χ0n) is 10.8. The summed E-state index contributed by atoms with van der Waals surface area (Å²) >= 11 is 0. The molecule has 20 heavy (non-hydrogen) atoms. The fourth-order valence-electron chi connectivity index (χ4n) is 2.76. The number of rotatable bonds is 2. The SMILES string of the molecule is Nc1ncnc2nc(CC3CNc4ccccc43)[nH]c12. The maximum atomic E-state index is 5.82. The highest BCUT2D eigenvalue weighted by Gasteiger charge is 2.23. The molecule has 0 amide bonds. The second kappa shape index (κ2) is 4.19. The van der Waals surface area contributed by atoms with Crippen LogP contribution in [0.15, 0.2) is 30.6 Å². The Balaban J connectivity index is 1.67. The summed E-state index contributed by atoms with van der Waals surface area (Å²) in [5.74, 6) is 1.76. The number of para-hydroxylation sites is 1. The Bertz CT molecular complexity index is 778. The highest BCUT2D eigenvalue weighted by Crippen LogP contribution is 2.33. The van der Waals surface area contributed by atoms with E-state index in [1.54, 1.807) is 0 Å². The molecule has 1 unspecified atom stereocenters. The number of aromatic nitrogens is 4. The Labute approximate surface area is 115 Å². The van der Waals surface area contributed by atoms with Crippen LogP contribution in [0.4, 0.5) is 11.5 Å². The Morgan fingerprint density at radius 3 is 3.05 bits per heavy atom. The van der Waals surface area contributed by atoms with E-state index in [-0.39, 0.29) is 0 Å². The minimum absolute atomic E-state index is 0.418. The van der Waals surface area contributed by atoms with Crippen molar-refractivity contribution in [2.24, 2.45) is 0 Å². The molecule has 0 bridgehead atoms. The van der Waals surface area contributed by atoms with Gasteiger partial charge in [-0.15, -0.1) is 0 Å². The molecule has 6 heteroatoms. The van der Waals surface area contributed by atoms with Crippen molar-refractivity contribution in [2.45, 2.75) is 12.3 Å². The van der Waals surface area contributed by atoms with Gasteiger partial charge in [-0.2, -0.15) is 0 Å². The van der Waals surface area contributed by atoms with Gasteiger partial charge in [-0.1, -0.05) is 18.2 Å². The largest absolute Gasteiger partial charge is 0.384 e. The van der Waals surface area contributed by atoms with E-state index in [1.165, 1.54) is 17.6 Å². The van der Waals surface area contributed by atoms with Crippen molar-refractivity contribution in [1.29, 1.82) is 0 Å². The summed E-state index contributed by atoms with van der Waals surface area (Å²) in [6.07, 6.45) is 2.27. The van der Waals surface area contributed by atoms with Gasteiger partial charge in [0.15, 0.2) is 11.5 Å². The number of aromatic amines is 1. The van der Waals surface area contributed by atoms with E-state index in [0.29, 0.717) is 17.4 Å². The van der Waals surface area contributed by atoms with E-state index in [0.717, 1.165) is 24.3 Å². The van der Waals surface area contributed by atoms with Crippen LogP contribution in [-0.4, -0.2) is 26.5 Å². The second-order valence-electron chi connectivity index (χ2n) is 5.01. The van der Waals surface area contributed by atoms with Crippen LogP contribution >= 0.6 is 0 Å². The summed E-state index contributed by atoms with van der Waals surface area (Å²) in [5, 5.41) is 3.42. The van der Waals surface area contributed by atoms with Crippen molar-refractivity contribution in [2.75, 3.05) is 17.6 Å². The molecule has 1 aromatic carbocycles. The molecule has 1 aliphatic rings. The lowest BCUT2D eigenvalue weighted by atomic mass is 9.98. The summed E-state index contributed by atoms with van der Waals surface area (Å²) in [4.78, 5) is 15.8. The van der Waals surface area contributed by atoms with Crippen LogP contribution in [0.5, 0.6) is 0 Å². The summed E-state index contributed by atoms with van der Waals surface area (Å²) in [6.45, 7) is 0.928. The van der Waals surface area contributed by atoms with Crippen LogP contribution in [0.2, 0.25) is 0 Å². The maximum absolute atomic E-state index is 5.82. The third-order valence-electron chi connectivity index (χ3n) is 3.75. The van der Waals surface area contributed by atoms with E-state index < -0.39 is 0 Å². The van der Waals surface area contributed by atoms with Crippen LogP contribution in [0.25, 0.3) is 11.2 Å². The van der Waals surface area contributed by atoms with Gasteiger partial charge < -0.3 is 16.0 Å². The van der Waals surface area contributed by atoms with E-state index >= 15 is 0 Å². The normalized spacial score (nSPS) is 17.1. The Morgan fingerprint density at radius 1 is 1.25 bits per heavy atom. The van der Waals surface area contributed by atoms with Gasteiger partial charge in [0.2, 0.25) is 0 Å². The second-order valence-corrected chi connectivity index (χ2v) is 5.01. The van der Waals surface area contributed by atoms with Gasteiger partial charge in [-0.25, -0.2) is 15.0 Å². The molecule has 0 aliphatic carbocycles. The van der Waals surface area contributed by atoms with Crippen molar-refractivity contribution in [3.63, 3.8) is 0 Å². The standard InChI is InChI=1S/C14H14N6/c15-13-12-14(18-7-17-13)20-11(19-12)5-8-6-16-10-4-2-1-3-9(8)10/h1-4,7-8,16H,5-6H2,(H3,15,17,18,19,20). The van der Waals surface area contributed by atoms with Gasteiger partial charge in [-0.3, -0.25) is 0 Å². The number of nitrogen functional groups attached to an aromatic ring is 1. The molecule has 2 aromatic heterocycles. The zero-order valence-corrected chi connectivity index (χ0v) is 10.8. The third-order valence-corrected chi connectivity index (χ3v) is 3.75. The monoisotopic (exact) mass is 266 g/mol. The van der Waals surface area contributed by atoms with E-state index in [1.807, 2.05) is 6.07 Å². The number of imidazole rings is 1. The quantitative estimate of drug-likeness (QED) is 0.656. The number of fused-ring (bicyclic) bond motifs is 2. The average Bonchev–Trinajstić information content (AvgIpc) is 3.05. The first-order chi connectivity index (χ1) is 9.81. The van der Waals surface area contributed by atoms with Crippen LogP contribution in [0, 0.1) is 0 Å². The van der Waals surface area contributed by atoms with Gasteiger partial charge in [0.05, 0.1) is 0 Å². The van der Waals surface area contributed by atoms with E-state index in [9.17, 15) is 0 Å². The highest BCUT2D eigenvalue weighted by atomic mass is 15.0. The first kappa shape index (κ1) is 11.2. The smallest absolute Gasteiger partial charge is 0.183 e. The van der Waals surface area contributed by atoms with Crippen molar-refractivity contribution < 1.29 is 0 Å². The zero-order chi connectivity index (χ0) is 13.5. The summed E-state index contributed by atoms with van der Waals surface area (Å²) < 4.78 is 0. The molecule has 4 N–H and O–H groups in total. The third kappa shape index (κ3) is 1.69. The lowest BCUT2D eigenvalue weighted by Gasteiger charge is -2.07. The molecule has 0 spiro atoms. The predicted octanol–water partition coefficient (Wildman–Crippen LogP) is 1.69. The molecule has 4 rings (SSSR count). The summed E-state index contributed by atoms with van der Waals surface area (Å²) in [7, 11) is 0. The number of anilines is 2. The Kier molecular flexibility index (Phi) is 2.35. The average molecular weight is 266 g/mol. The molecule has 0 fully saturated rings. The lowest BCUT2D eigenvalue weighted by Crippen LogP contribution is -2.06. The van der Waals surface area contributed by atoms with Crippen LogP contribution in [-0.2, 0) is 6.42 Å². The van der Waals surface area contributed by atoms with Crippen molar-refractivity contribution in [1.82, 2.24) is 19.9 Å². The molecule has 3 heterocycles. The van der Waals surface area contributed by atoms with Gasteiger partial charge in [0.1, 0.15) is 17.7 Å². The molecule has 6 nitrogen and oxygen atoms in total. The Morgan fingerprint density at radius 2 is 2.15 bits per heavy atom. The molecule has 1 aliphatic heterocycles. The fourth-order valence-corrected chi connectivity index (χ4v) is 2.76. The van der Waals surface area contributed by atoms with E-state index in [4.69, 9.17) is 5.73 Å². The highest BCUT2D eigenvalue weighted by molar-refractivity contribution is 5.81. The summed E-state index contributed by atoms with van der Waals surface area (Å²) in [5.41, 5.74) is 9.73. The van der Waals surface area contributed by atoms with E-state index in [2.05, 4.69) is 43.5 Å². The summed E-state index contributed by atoms with van der Waals surface area (Å²) in [6, 6.07) is 8.39. The minimum atomic E-state index is 0.418. The van der Waals surface area contributed by atoms with Crippen molar-refractivity contribution in [3.05, 3.63) is 42.0 Å². The van der Waals surface area contributed by atoms with Gasteiger partial charge in [0, 0.05) is 24.6 Å². The topological polar surface area (TPSA) is 92.5 Å². The van der Waals surface area contributed by atoms with Crippen LogP contribution in [0.3, 0.4) is 0 Å². The molecule has 100 valence electrons. The fraction of sp³-hybridized carbons (Fsp3) is 0.214. The molecule has 1 atom stereocenters. The lowest BCUT2D eigenvalue weighted by molar-refractivity contribution is 0.723. The Hall–Kier alpha value is -2.63. The number of hydrogen-bond acceptors (Lipinski definition) is 5. The minimum Gasteiger partial charge on any atom is -0.384 e. The number of nitrogens with zero attached hydrogens (tertiary/aromatic N) is 3. The van der Waals surface area contributed by atoms with Crippen molar-refractivity contribution in [3.8, 4) is 0 Å². The first-order valence-electron chi connectivity index (χ1n) is 6.59. The number of nitrogens with one attached hydrogen (secondary N) is 2. The molecule has 0 radical (unpaired) electrons. The molecular formula is C14H14N6. The number of hydrogen-bond donors (Lipinski definition) is 3. The van der Waals surface area contributed by atoms with Gasteiger partial charge in [0.25, 0.3) is 0 Å². The van der Waals surface area contributed by atoms with Crippen LogP contribution < -0.4 is 11.1 Å². The van der Waals surface area contributed by atoms with Crippen LogP contribution in [0.1, 0.15) is 17.3 Å². The molecule has 0 saturated carbocycles. The number of nitrogens with two attached hydrogens (primary N) is 1. The molecule has 0 saturated heterocycles. The number of benzene rings is 1. The van der Waals surface area contributed by atoms with Gasteiger partial charge >= 0.3 is 0 Å². The first-order valence-corrected chi connectivity index (χ1v) is 6.59. The molecule has 3 aromatic rings. The van der Waals surface area contributed by atoms with Gasteiger partial charge in [-0.05, 0) is 11.6 Å². The van der Waals surface area contributed by atoms with Crippen molar-refractivity contribution >= 4 is 22.7 Å². The number of H-pyrrole nitrogens is 1. The maximum Gasteiger partial charge on any atom is 0.183 e.